The van der Waals surface area contributed by atoms with Crippen LogP contribution in [0.3, 0.4) is 0 Å². The summed E-state index contributed by atoms with van der Waals surface area (Å²) in [4.78, 5) is 0.146. The minimum Gasteiger partial charge on any atom is -0.282 e. The van der Waals surface area contributed by atoms with Crippen molar-refractivity contribution >= 4 is 69.7 Å². The molecule has 4 rings (SSSR count). The number of rotatable bonds is 6. The van der Waals surface area contributed by atoms with E-state index in [4.69, 9.17) is 8.74 Å². The van der Waals surface area contributed by atoms with Gasteiger partial charge in [-0.25, -0.2) is 0 Å². The Morgan fingerprint density at radius 2 is 1.14 bits per heavy atom. The number of hydrogen-bond acceptors (Lipinski definition) is 5. The van der Waals surface area contributed by atoms with Crippen LogP contribution in [0, 0.1) is 0 Å². The predicted octanol–water partition coefficient (Wildman–Crippen LogP) is 5.58. The van der Waals surface area contributed by atoms with Crippen molar-refractivity contribution in [2.24, 2.45) is 0 Å². The summed E-state index contributed by atoms with van der Waals surface area (Å²) in [5.74, 6) is 0. The van der Waals surface area contributed by atoms with Crippen molar-refractivity contribution in [2.75, 3.05) is 6.61 Å². The van der Waals surface area contributed by atoms with Gasteiger partial charge in [0.15, 0.2) is 0 Å². The fourth-order valence-electron chi connectivity index (χ4n) is 3.04. The van der Waals surface area contributed by atoms with Gasteiger partial charge in [-0.3, -0.25) is 8.74 Å². The Labute approximate surface area is 224 Å². The van der Waals surface area contributed by atoms with E-state index in [1.165, 1.54) is 43.7 Å². The number of allylic oxidation sites excluding steroid dienone is 1. The van der Waals surface area contributed by atoms with E-state index < -0.39 is 20.2 Å². The topological polar surface area (TPSA) is 97.7 Å². The maximum Gasteiger partial charge on any atom is 0.295 e. The van der Waals surface area contributed by atoms with Gasteiger partial charge in [-0.15, -0.1) is 6.58 Å². The van der Waals surface area contributed by atoms with E-state index in [0.717, 1.165) is 10.8 Å². The average molecular weight is 521 g/mol. The molecule has 178 valence electrons. The molecule has 0 aliphatic carbocycles. The summed E-state index contributed by atoms with van der Waals surface area (Å²) in [5.41, 5.74) is 0. The Kier molecular flexibility index (Phi) is 11.3. The standard InChI is InChI=1S/C13H12O3S.C10H8O3S.C3H5.Na/c1-2-10-16-17(14,15)13-9-5-7-11-6-3-4-8-12(11)13;11-14(12,13)10-7-3-5-8-4-1-2-6-9(8)10;1-3-2;/h2-9H,1,10H2;1-7H,(H,11,12,13);3H,1-2H2;. The molecule has 6 nitrogen and oxygen atoms in total. The summed E-state index contributed by atoms with van der Waals surface area (Å²) < 4.78 is 60.9. The van der Waals surface area contributed by atoms with Crippen LogP contribution in [0.4, 0.5) is 0 Å². The number of hydrogen-bond donors (Lipinski definition) is 1. The first-order valence-electron chi connectivity index (χ1n) is 10.7. The molecule has 0 amide bonds. The molecule has 0 aliphatic rings. The van der Waals surface area contributed by atoms with Crippen LogP contribution in [0.15, 0.2) is 120 Å². The van der Waals surface area contributed by atoms with Crippen LogP contribution in [0.2, 0.25) is 3.67 Å². The Bertz CT molecular complexity index is 1500. The molecule has 9 heteroatoms. The maximum absolute atomic E-state index is 11.9. The second-order valence-electron chi connectivity index (χ2n) is 7.15. The first kappa shape index (κ1) is 28.9. The predicted molar refractivity (Wildman–Crippen MR) is 142 cm³/mol. The van der Waals surface area contributed by atoms with E-state index >= 15 is 0 Å². The minimum absolute atomic E-state index is 0.0223. The monoisotopic (exact) mass is 520 g/mol. The van der Waals surface area contributed by atoms with Crippen LogP contribution < -0.4 is 0 Å². The van der Waals surface area contributed by atoms with Gasteiger partial charge in [0.05, 0.1) is 6.61 Å². The minimum atomic E-state index is -4.13. The summed E-state index contributed by atoms with van der Waals surface area (Å²) in [6.45, 7) is 6.92. The van der Waals surface area contributed by atoms with Crippen molar-refractivity contribution in [3.05, 3.63) is 110 Å². The van der Waals surface area contributed by atoms with Crippen molar-refractivity contribution in [1.29, 1.82) is 0 Å². The third-order valence-electron chi connectivity index (χ3n) is 4.68. The second-order valence-corrected chi connectivity index (χ2v) is 10.9. The zero-order valence-electron chi connectivity index (χ0n) is 19.4. The Morgan fingerprint density at radius 1 is 0.714 bits per heavy atom. The van der Waals surface area contributed by atoms with Gasteiger partial charge in [0.1, 0.15) is 9.79 Å². The van der Waals surface area contributed by atoms with Gasteiger partial charge in [-0.2, -0.15) is 16.8 Å². The van der Waals surface area contributed by atoms with Crippen LogP contribution >= 0.6 is 0 Å². The second kappa shape index (κ2) is 13.7. The molecule has 0 atom stereocenters. The van der Waals surface area contributed by atoms with Crippen molar-refractivity contribution in [3.63, 3.8) is 0 Å². The molecule has 4 aromatic rings. The van der Waals surface area contributed by atoms with Gasteiger partial charge < -0.3 is 0 Å². The molecule has 0 spiro atoms. The zero-order chi connectivity index (χ0) is 25.9. The quantitative estimate of drug-likeness (QED) is 0.154. The Hall–Kier alpha value is -2.30. The summed E-state index contributed by atoms with van der Waals surface area (Å²) in [5, 5.41) is 2.87. The van der Waals surface area contributed by atoms with Crippen LogP contribution in [0.25, 0.3) is 21.5 Å². The summed E-state index contributed by atoms with van der Waals surface area (Å²) in [6, 6.07) is 24.2. The fraction of sp³-hybridized carbons (Fsp3) is 0.0769. The summed E-state index contributed by atoms with van der Waals surface area (Å²) >= 11 is 1.27. The van der Waals surface area contributed by atoms with Gasteiger partial charge >= 0.3 is 44.3 Å². The first-order valence-corrected chi connectivity index (χ1v) is 15.0. The molecule has 0 unspecified atom stereocenters. The first-order chi connectivity index (χ1) is 16.7. The maximum atomic E-state index is 11.9. The van der Waals surface area contributed by atoms with Crippen molar-refractivity contribution in [3.8, 4) is 0 Å². The van der Waals surface area contributed by atoms with Crippen molar-refractivity contribution in [1.82, 2.24) is 0 Å². The van der Waals surface area contributed by atoms with E-state index in [0.29, 0.717) is 10.8 Å². The van der Waals surface area contributed by atoms with E-state index in [1.54, 1.807) is 54.6 Å². The van der Waals surface area contributed by atoms with E-state index in [1.807, 2.05) is 30.3 Å². The molecule has 0 heterocycles. The molecular weight excluding hydrogens is 495 g/mol. The van der Waals surface area contributed by atoms with E-state index in [-0.39, 0.29) is 16.4 Å². The van der Waals surface area contributed by atoms with Crippen LogP contribution in [0.5, 0.6) is 0 Å². The largest absolute Gasteiger partial charge is 0.295 e. The van der Waals surface area contributed by atoms with Gasteiger partial charge in [0.2, 0.25) is 0 Å². The molecular formula is C26H25NaO6S2. The molecule has 0 bridgehead atoms. The molecule has 0 fully saturated rings. The van der Waals surface area contributed by atoms with Gasteiger partial charge in [0.25, 0.3) is 20.2 Å². The third kappa shape index (κ3) is 8.40. The van der Waals surface area contributed by atoms with Crippen LogP contribution in [-0.4, -0.2) is 55.9 Å². The van der Waals surface area contributed by atoms with Crippen LogP contribution in [-0.2, 0) is 24.4 Å². The molecule has 0 radical (unpaired) electrons. The van der Waals surface area contributed by atoms with Crippen molar-refractivity contribution < 1.29 is 25.6 Å². The molecule has 0 aliphatic heterocycles. The Balaban J connectivity index is 0.000000217. The summed E-state index contributed by atoms with van der Waals surface area (Å²) in [7, 11) is -7.85. The van der Waals surface area contributed by atoms with E-state index in [9.17, 15) is 16.8 Å². The number of fused-ring (bicyclic) bond motifs is 2. The molecule has 4 aromatic carbocycles. The van der Waals surface area contributed by atoms with Gasteiger partial charge in [-0.1, -0.05) is 78.9 Å². The fourth-order valence-corrected chi connectivity index (χ4v) is 4.85. The molecule has 35 heavy (non-hydrogen) atoms. The molecule has 0 saturated heterocycles. The number of benzene rings is 4. The zero-order valence-corrected chi connectivity index (χ0v) is 23.0. The van der Waals surface area contributed by atoms with Gasteiger partial charge in [-0.05, 0) is 22.9 Å². The molecule has 0 saturated carbocycles. The SMILES string of the molecule is C=CCOS(=O)(=O)c1cccc2ccccc12.C=C[CH2][Na].O=S(=O)(O)c1cccc2ccccc12. The smallest absolute Gasteiger partial charge is 0.282 e. The third-order valence-corrected chi connectivity index (χ3v) is 7.51. The molecule has 0 aromatic heterocycles. The van der Waals surface area contributed by atoms with Crippen LogP contribution in [0.1, 0.15) is 0 Å². The van der Waals surface area contributed by atoms with E-state index in [2.05, 4.69) is 13.2 Å². The van der Waals surface area contributed by atoms with Crippen molar-refractivity contribution in [2.45, 2.75) is 13.5 Å². The normalized spacial score (nSPS) is 11.1. The molecule has 1 N–H and O–H groups in total. The Morgan fingerprint density at radius 3 is 1.60 bits per heavy atom. The van der Waals surface area contributed by atoms with Gasteiger partial charge in [0, 0.05) is 10.8 Å². The summed E-state index contributed by atoms with van der Waals surface area (Å²) in [6.07, 6.45) is 3.34. The average Bonchev–Trinajstić information content (AvgIpc) is 2.86.